The summed E-state index contributed by atoms with van der Waals surface area (Å²) < 4.78 is 5.06. The van der Waals surface area contributed by atoms with Crippen molar-refractivity contribution < 1.29 is 19.4 Å². The third kappa shape index (κ3) is 4.37. The first-order valence-electron chi connectivity index (χ1n) is 6.85. The topological polar surface area (TPSA) is 78.9 Å². The molecule has 116 valence electrons. The Kier molecular flexibility index (Phi) is 6.02. The van der Waals surface area contributed by atoms with Gasteiger partial charge in [0.05, 0.1) is 18.4 Å². The van der Waals surface area contributed by atoms with E-state index in [2.05, 4.69) is 5.32 Å². The molecule has 0 aliphatic carbocycles. The molecule has 6 nitrogen and oxygen atoms in total. The standard InChI is InChI=1S/C15H22N2O4/c1-5-6-10(2)17(3)15(20)16-13-9-11(21-4)7-8-12(13)14(18)19/h7-10H,5-6H2,1-4H3,(H,16,20)(H,18,19). The molecule has 2 amide bonds. The number of urea groups is 1. The highest BCUT2D eigenvalue weighted by atomic mass is 16.5. The zero-order chi connectivity index (χ0) is 16.0. The number of carbonyl (C=O) groups excluding carboxylic acids is 1. The summed E-state index contributed by atoms with van der Waals surface area (Å²) >= 11 is 0. The van der Waals surface area contributed by atoms with Crippen LogP contribution in [0.3, 0.4) is 0 Å². The number of hydrogen-bond acceptors (Lipinski definition) is 3. The summed E-state index contributed by atoms with van der Waals surface area (Å²) in [6.45, 7) is 4.00. The first kappa shape index (κ1) is 16.8. The number of carboxylic acids is 1. The van der Waals surface area contributed by atoms with Crippen molar-refractivity contribution in [2.75, 3.05) is 19.5 Å². The minimum absolute atomic E-state index is 0.0284. The first-order valence-corrected chi connectivity index (χ1v) is 6.85. The molecule has 2 N–H and O–H groups in total. The second-order valence-electron chi connectivity index (χ2n) is 4.90. The van der Waals surface area contributed by atoms with Crippen molar-refractivity contribution in [2.45, 2.75) is 32.7 Å². The molecule has 0 fully saturated rings. The van der Waals surface area contributed by atoms with Gasteiger partial charge in [-0.2, -0.15) is 0 Å². The number of methoxy groups -OCH3 is 1. The molecule has 0 aromatic heterocycles. The largest absolute Gasteiger partial charge is 0.497 e. The molecule has 21 heavy (non-hydrogen) atoms. The maximum absolute atomic E-state index is 12.2. The molecule has 0 aliphatic heterocycles. The van der Waals surface area contributed by atoms with Gasteiger partial charge in [0.2, 0.25) is 0 Å². The van der Waals surface area contributed by atoms with Crippen LogP contribution in [-0.2, 0) is 0 Å². The van der Waals surface area contributed by atoms with E-state index in [1.165, 1.54) is 19.2 Å². The highest BCUT2D eigenvalue weighted by Gasteiger charge is 2.18. The lowest BCUT2D eigenvalue weighted by Crippen LogP contribution is -2.38. The van der Waals surface area contributed by atoms with E-state index in [0.717, 1.165) is 12.8 Å². The minimum Gasteiger partial charge on any atom is -0.497 e. The van der Waals surface area contributed by atoms with Gasteiger partial charge < -0.3 is 20.1 Å². The Hall–Kier alpha value is -2.24. The molecule has 0 saturated carbocycles. The number of amides is 2. The van der Waals surface area contributed by atoms with Gasteiger partial charge in [-0.15, -0.1) is 0 Å². The van der Waals surface area contributed by atoms with E-state index in [1.54, 1.807) is 18.0 Å². The first-order chi connectivity index (χ1) is 9.90. The lowest BCUT2D eigenvalue weighted by atomic mass is 10.1. The molecule has 0 spiro atoms. The van der Waals surface area contributed by atoms with Crippen molar-refractivity contribution in [3.05, 3.63) is 23.8 Å². The number of carbonyl (C=O) groups is 2. The monoisotopic (exact) mass is 294 g/mol. The van der Waals surface area contributed by atoms with Crippen LogP contribution in [0.1, 0.15) is 37.0 Å². The van der Waals surface area contributed by atoms with Gasteiger partial charge in [-0.25, -0.2) is 9.59 Å². The van der Waals surface area contributed by atoms with Crippen LogP contribution in [0, 0.1) is 0 Å². The van der Waals surface area contributed by atoms with Crippen LogP contribution >= 0.6 is 0 Å². The van der Waals surface area contributed by atoms with Crippen LogP contribution < -0.4 is 10.1 Å². The molecule has 1 aromatic carbocycles. The lowest BCUT2D eigenvalue weighted by molar-refractivity contribution is 0.0698. The molecular formula is C15H22N2O4. The summed E-state index contributed by atoms with van der Waals surface area (Å²) in [4.78, 5) is 25.0. The number of rotatable bonds is 6. The lowest BCUT2D eigenvalue weighted by Gasteiger charge is -2.25. The normalized spacial score (nSPS) is 11.6. The van der Waals surface area contributed by atoms with Gasteiger partial charge in [0.1, 0.15) is 5.75 Å². The molecular weight excluding hydrogens is 272 g/mol. The van der Waals surface area contributed by atoms with Crippen molar-refractivity contribution in [3.8, 4) is 5.75 Å². The fourth-order valence-corrected chi connectivity index (χ4v) is 1.96. The number of hydrogen-bond donors (Lipinski definition) is 2. The fourth-order valence-electron chi connectivity index (χ4n) is 1.96. The molecule has 0 saturated heterocycles. The SMILES string of the molecule is CCCC(C)N(C)C(=O)Nc1cc(OC)ccc1C(=O)O. The van der Waals surface area contributed by atoms with E-state index in [-0.39, 0.29) is 23.3 Å². The smallest absolute Gasteiger partial charge is 0.337 e. The summed E-state index contributed by atoms with van der Waals surface area (Å²) in [6, 6.07) is 4.19. The van der Waals surface area contributed by atoms with Crippen molar-refractivity contribution in [1.82, 2.24) is 4.90 Å². The Morgan fingerprint density at radius 2 is 2.10 bits per heavy atom. The molecule has 0 radical (unpaired) electrons. The zero-order valence-electron chi connectivity index (χ0n) is 12.8. The number of nitrogens with one attached hydrogen (secondary N) is 1. The number of carboxylic acid groups (broad SMARTS) is 1. The van der Waals surface area contributed by atoms with Gasteiger partial charge >= 0.3 is 12.0 Å². The van der Waals surface area contributed by atoms with Gasteiger partial charge in [-0.1, -0.05) is 13.3 Å². The minimum atomic E-state index is -1.10. The molecule has 1 rings (SSSR count). The summed E-state index contributed by atoms with van der Waals surface area (Å²) in [5.74, 6) is -0.614. The van der Waals surface area contributed by atoms with Gasteiger partial charge in [0.25, 0.3) is 0 Å². The van der Waals surface area contributed by atoms with E-state index in [1.807, 2.05) is 13.8 Å². The summed E-state index contributed by atoms with van der Waals surface area (Å²) in [5, 5.41) is 11.8. The third-order valence-electron chi connectivity index (χ3n) is 3.39. The van der Waals surface area contributed by atoms with E-state index in [0.29, 0.717) is 5.75 Å². The maximum atomic E-state index is 12.2. The van der Waals surface area contributed by atoms with Crippen molar-refractivity contribution in [1.29, 1.82) is 0 Å². The molecule has 1 aromatic rings. The quantitative estimate of drug-likeness (QED) is 0.845. The Balaban J connectivity index is 2.95. The number of benzene rings is 1. The predicted octanol–water partition coefficient (Wildman–Crippen LogP) is 3.05. The van der Waals surface area contributed by atoms with E-state index >= 15 is 0 Å². The maximum Gasteiger partial charge on any atom is 0.337 e. The Bertz CT molecular complexity index is 516. The molecule has 0 heterocycles. The van der Waals surface area contributed by atoms with Crippen molar-refractivity contribution in [3.63, 3.8) is 0 Å². The second-order valence-corrected chi connectivity index (χ2v) is 4.90. The summed E-state index contributed by atoms with van der Waals surface area (Å²) in [5.41, 5.74) is 0.253. The highest BCUT2D eigenvalue weighted by molar-refractivity contribution is 6.00. The van der Waals surface area contributed by atoms with Crippen molar-refractivity contribution >= 4 is 17.7 Å². The molecule has 0 aliphatic rings. The van der Waals surface area contributed by atoms with Gasteiger partial charge in [0.15, 0.2) is 0 Å². The highest BCUT2D eigenvalue weighted by Crippen LogP contribution is 2.23. The van der Waals surface area contributed by atoms with Gasteiger partial charge in [0, 0.05) is 19.2 Å². The number of ether oxygens (including phenoxy) is 1. The predicted molar refractivity (Wildman–Crippen MR) is 81.1 cm³/mol. The number of anilines is 1. The third-order valence-corrected chi connectivity index (χ3v) is 3.39. The van der Waals surface area contributed by atoms with E-state index in [4.69, 9.17) is 9.84 Å². The molecule has 6 heteroatoms. The van der Waals surface area contributed by atoms with Gasteiger partial charge in [-0.3, -0.25) is 0 Å². The van der Waals surface area contributed by atoms with Crippen LogP contribution in [0.2, 0.25) is 0 Å². The van der Waals surface area contributed by atoms with E-state index in [9.17, 15) is 9.59 Å². The summed E-state index contributed by atoms with van der Waals surface area (Å²) in [6.07, 6.45) is 1.85. The van der Waals surface area contributed by atoms with Crippen molar-refractivity contribution in [2.24, 2.45) is 0 Å². The Morgan fingerprint density at radius 3 is 2.62 bits per heavy atom. The average Bonchev–Trinajstić information content (AvgIpc) is 2.46. The fraction of sp³-hybridized carbons (Fsp3) is 0.467. The van der Waals surface area contributed by atoms with Crippen LogP contribution in [-0.4, -0.2) is 42.2 Å². The Labute approximate surface area is 124 Å². The van der Waals surface area contributed by atoms with Crippen LogP contribution in [0.25, 0.3) is 0 Å². The number of nitrogens with zero attached hydrogens (tertiary/aromatic N) is 1. The van der Waals surface area contributed by atoms with Crippen LogP contribution in [0.15, 0.2) is 18.2 Å². The van der Waals surface area contributed by atoms with Gasteiger partial charge in [-0.05, 0) is 25.5 Å². The Morgan fingerprint density at radius 1 is 1.43 bits per heavy atom. The number of aromatic carboxylic acids is 1. The molecule has 1 atom stereocenters. The summed E-state index contributed by atoms with van der Waals surface area (Å²) in [7, 11) is 3.17. The average molecular weight is 294 g/mol. The van der Waals surface area contributed by atoms with Crippen LogP contribution in [0.4, 0.5) is 10.5 Å². The van der Waals surface area contributed by atoms with E-state index < -0.39 is 5.97 Å². The van der Waals surface area contributed by atoms with Crippen LogP contribution in [0.5, 0.6) is 5.75 Å². The molecule has 1 unspecified atom stereocenters. The molecule has 0 bridgehead atoms. The zero-order valence-corrected chi connectivity index (χ0v) is 12.8. The second kappa shape index (κ2) is 7.52.